The van der Waals surface area contributed by atoms with Crippen LogP contribution in [-0.2, 0) is 0 Å². The SMILES string of the molecule is O=[N+]([O-])c1ccc(Nc2nc(Nc3ccc([N+](=O)[O-])cc3)nc(N3CCNCC3)n2)cc1. The summed E-state index contributed by atoms with van der Waals surface area (Å²) in [5.74, 6) is 0.980. The molecular weight excluding hydrogens is 418 g/mol. The van der Waals surface area contributed by atoms with Crippen LogP contribution >= 0.6 is 0 Å². The van der Waals surface area contributed by atoms with Crippen molar-refractivity contribution in [3.63, 3.8) is 0 Å². The summed E-state index contributed by atoms with van der Waals surface area (Å²) in [4.78, 5) is 36.2. The highest BCUT2D eigenvalue weighted by Gasteiger charge is 2.17. The Labute approximate surface area is 181 Å². The zero-order chi connectivity index (χ0) is 22.5. The first-order valence-corrected chi connectivity index (χ1v) is 9.73. The molecule has 0 spiro atoms. The van der Waals surface area contributed by atoms with Crippen LogP contribution in [0.2, 0.25) is 0 Å². The number of nitrogens with one attached hydrogen (secondary N) is 3. The molecule has 0 unspecified atom stereocenters. The smallest absolute Gasteiger partial charge is 0.269 e. The van der Waals surface area contributed by atoms with Gasteiger partial charge in [0.2, 0.25) is 17.8 Å². The topological polar surface area (TPSA) is 164 Å². The number of anilines is 5. The molecule has 1 aliphatic rings. The highest BCUT2D eigenvalue weighted by molar-refractivity contribution is 5.61. The number of aromatic nitrogens is 3. The predicted molar refractivity (Wildman–Crippen MR) is 118 cm³/mol. The van der Waals surface area contributed by atoms with E-state index in [0.29, 0.717) is 17.3 Å². The lowest BCUT2D eigenvalue weighted by Gasteiger charge is -2.27. The monoisotopic (exact) mass is 437 g/mol. The molecule has 3 N–H and O–H groups in total. The molecule has 13 heteroatoms. The van der Waals surface area contributed by atoms with Gasteiger partial charge in [-0.15, -0.1) is 0 Å². The molecule has 0 bridgehead atoms. The summed E-state index contributed by atoms with van der Waals surface area (Å²) in [6.07, 6.45) is 0. The minimum atomic E-state index is -0.471. The Kier molecular flexibility index (Phi) is 5.98. The zero-order valence-corrected chi connectivity index (χ0v) is 16.8. The largest absolute Gasteiger partial charge is 0.338 e. The van der Waals surface area contributed by atoms with Crippen LogP contribution in [0.1, 0.15) is 0 Å². The van der Waals surface area contributed by atoms with Crippen LogP contribution in [0.5, 0.6) is 0 Å². The Morgan fingerprint density at radius 3 is 1.59 bits per heavy atom. The number of piperazine rings is 1. The number of rotatable bonds is 7. The van der Waals surface area contributed by atoms with Gasteiger partial charge in [-0.25, -0.2) is 0 Å². The van der Waals surface area contributed by atoms with Crippen molar-refractivity contribution < 1.29 is 9.85 Å². The van der Waals surface area contributed by atoms with Crippen molar-refractivity contribution in [2.24, 2.45) is 0 Å². The third-order valence-corrected chi connectivity index (χ3v) is 4.69. The fourth-order valence-electron chi connectivity index (χ4n) is 3.07. The second-order valence-corrected chi connectivity index (χ2v) is 6.88. The Bertz CT molecular complexity index is 1040. The summed E-state index contributed by atoms with van der Waals surface area (Å²) < 4.78 is 0. The van der Waals surface area contributed by atoms with E-state index in [9.17, 15) is 20.2 Å². The zero-order valence-electron chi connectivity index (χ0n) is 16.8. The average Bonchev–Trinajstić information content (AvgIpc) is 2.80. The van der Waals surface area contributed by atoms with Crippen molar-refractivity contribution >= 4 is 40.6 Å². The van der Waals surface area contributed by atoms with Crippen molar-refractivity contribution in [2.75, 3.05) is 41.7 Å². The van der Waals surface area contributed by atoms with E-state index in [-0.39, 0.29) is 23.3 Å². The van der Waals surface area contributed by atoms with Crippen molar-refractivity contribution in [3.8, 4) is 0 Å². The molecule has 1 fully saturated rings. The van der Waals surface area contributed by atoms with Crippen LogP contribution in [0.3, 0.4) is 0 Å². The fourth-order valence-corrected chi connectivity index (χ4v) is 3.07. The average molecular weight is 437 g/mol. The first-order valence-electron chi connectivity index (χ1n) is 9.73. The fraction of sp³-hybridized carbons (Fsp3) is 0.211. The number of non-ortho nitro benzene ring substituents is 2. The van der Waals surface area contributed by atoms with Gasteiger partial charge in [-0.3, -0.25) is 20.2 Å². The van der Waals surface area contributed by atoms with E-state index >= 15 is 0 Å². The van der Waals surface area contributed by atoms with Gasteiger partial charge in [0.25, 0.3) is 11.4 Å². The van der Waals surface area contributed by atoms with Gasteiger partial charge in [0, 0.05) is 61.8 Å². The van der Waals surface area contributed by atoms with Crippen LogP contribution < -0.4 is 20.9 Å². The molecule has 0 radical (unpaired) electrons. The van der Waals surface area contributed by atoms with Crippen LogP contribution in [-0.4, -0.2) is 51.0 Å². The van der Waals surface area contributed by atoms with E-state index in [0.717, 1.165) is 26.2 Å². The molecule has 2 heterocycles. The number of nitro benzene ring substituents is 2. The number of nitro groups is 2. The number of benzene rings is 2. The Morgan fingerprint density at radius 2 is 1.19 bits per heavy atom. The number of hydrogen-bond donors (Lipinski definition) is 3. The molecule has 0 atom stereocenters. The normalized spacial score (nSPS) is 13.4. The van der Waals surface area contributed by atoms with Crippen LogP contribution in [0.4, 0.5) is 40.6 Å². The van der Waals surface area contributed by atoms with Crippen molar-refractivity contribution in [1.29, 1.82) is 0 Å². The second kappa shape index (κ2) is 9.18. The first kappa shape index (κ1) is 20.9. The van der Waals surface area contributed by atoms with Gasteiger partial charge < -0.3 is 20.9 Å². The van der Waals surface area contributed by atoms with Gasteiger partial charge in [0.15, 0.2) is 0 Å². The highest BCUT2D eigenvalue weighted by atomic mass is 16.6. The lowest BCUT2D eigenvalue weighted by Crippen LogP contribution is -2.44. The van der Waals surface area contributed by atoms with Crippen LogP contribution in [0, 0.1) is 20.2 Å². The summed E-state index contributed by atoms with van der Waals surface area (Å²) in [5.41, 5.74) is 1.12. The molecule has 0 amide bonds. The quantitative estimate of drug-likeness (QED) is 0.367. The van der Waals surface area contributed by atoms with E-state index < -0.39 is 9.85 Å². The minimum absolute atomic E-state index is 0.0202. The predicted octanol–water partition coefficient (Wildman–Crippen LogP) is 2.58. The van der Waals surface area contributed by atoms with Gasteiger partial charge in [-0.2, -0.15) is 15.0 Å². The van der Waals surface area contributed by atoms with Crippen molar-refractivity contribution in [1.82, 2.24) is 20.3 Å². The lowest BCUT2D eigenvalue weighted by atomic mass is 10.3. The molecule has 3 aromatic rings. The number of hydrogen-bond acceptors (Lipinski definition) is 11. The standard InChI is InChI=1S/C19H19N9O4/c29-27(30)15-5-1-13(2-6-15)21-17-23-18(22-14-3-7-16(8-4-14)28(31)32)25-19(24-17)26-11-9-20-10-12-26/h1-8,20H,9-12H2,(H2,21,22,23,24,25). The minimum Gasteiger partial charge on any atom is -0.338 e. The van der Waals surface area contributed by atoms with Gasteiger partial charge in [0.05, 0.1) is 9.85 Å². The molecule has 4 rings (SSSR count). The van der Waals surface area contributed by atoms with Crippen molar-refractivity contribution in [2.45, 2.75) is 0 Å². The summed E-state index contributed by atoms with van der Waals surface area (Å²) in [6.45, 7) is 3.03. The molecule has 13 nitrogen and oxygen atoms in total. The van der Waals surface area contributed by atoms with Gasteiger partial charge in [0.1, 0.15) is 0 Å². The summed E-state index contributed by atoms with van der Waals surface area (Å²) in [5, 5.41) is 31.1. The van der Waals surface area contributed by atoms with E-state index in [1.54, 1.807) is 24.3 Å². The van der Waals surface area contributed by atoms with E-state index in [2.05, 4.69) is 30.9 Å². The highest BCUT2D eigenvalue weighted by Crippen LogP contribution is 2.23. The Balaban J connectivity index is 1.61. The molecule has 1 aromatic heterocycles. The number of nitrogens with zero attached hydrogens (tertiary/aromatic N) is 6. The lowest BCUT2D eigenvalue weighted by molar-refractivity contribution is -0.385. The van der Waals surface area contributed by atoms with Gasteiger partial charge in [-0.1, -0.05) is 0 Å². The third-order valence-electron chi connectivity index (χ3n) is 4.69. The molecule has 0 saturated carbocycles. The summed E-state index contributed by atoms with van der Waals surface area (Å²) >= 11 is 0. The van der Waals surface area contributed by atoms with Gasteiger partial charge >= 0.3 is 0 Å². The maximum Gasteiger partial charge on any atom is 0.269 e. The Hall–Kier alpha value is -4.39. The van der Waals surface area contributed by atoms with Crippen LogP contribution in [0.25, 0.3) is 0 Å². The first-order chi connectivity index (χ1) is 15.5. The molecule has 1 saturated heterocycles. The van der Waals surface area contributed by atoms with E-state index in [4.69, 9.17) is 0 Å². The molecule has 164 valence electrons. The molecule has 32 heavy (non-hydrogen) atoms. The molecule has 2 aromatic carbocycles. The summed E-state index contributed by atoms with van der Waals surface area (Å²) in [7, 11) is 0. The summed E-state index contributed by atoms with van der Waals surface area (Å²) in [6, 6.07) is 11.8. The maximum atomic E-state index is 10.9. The molecular formula is C19H19N9O4. The van der Waals surface area contributed by atoms with Crippen LogP contribution in [0.15, 0.2) is 48.5 Å². The van der Waals surface area contributed by atoms with E-state index in [1.165, 1.54) is 24.3 Å². The molecule has 1 aliphatic heterocycles. The Morgan fingerprint density at radius 1 is 0.750 bits per heavy atom. The van der Waals surface area contributed by atoms with Crippen molar-refractivity contribution in [3.05, 3.63) is 68.8 Å². The van der Waals surface area contributed by atoms with Gasteiger partial charge in [-0.05, 0) is 24.3 Å². The van der Waals surface area contributed by atoms with E-state index in [1.807, 2.05) is 4.90 Å². The molecule has 0 aliphatic carbocycles. The second-order valence-electron chi connectivity index (χ2n) is 6.88. The maximum absolute atomic E-state index is 10.9. The third kappa shape index (κ3) is 5.02.